The third-order valence-corrected chi connectivity index (χ3v) is 2.57. The Morgan fingerprint density at radius 3 is 2.71 bits per heavy atom. The van der Waals surface area contributed by atoms with Crippen molar-refractivity contribution in [3.8, 4) is 6.07 Å². The van der Waals surface area contributed by atoms with Gasteiger partial charge in [0.2, 0.25) is 0 Å². The second-order valence-corrected chi connectivity index (χ2v) is 4.42. The van der Waals surface area contributed by atoms with Gasteiger partial charge < -0.3 is 0 Å². The van der Waals surface area contributed by atoms with Crippen molar-refractivity contribution < 1.29 is 0 Å². The van der Waals surface area contributed by atoms with Crippen LogP contribution in [0.15, 0.2) is 10.2 Å². The van der Waals surface area contributed by atoms with Gasteiger partial charge in [-0.3, -0.25) is 0 Å². The first-order valence-corrected chi connectivity index (χ1v) is 5.50. The molecule has 1 rings (SSSR count). The number of azo groups is 1. The highest BCUT2D eigenvalue weighted by Gasteiger charge is 2.24. The van der Waals surface area contributed by atoms with Crippen molar-refractivity contribution >= 4 is 0 Å². The topological polar surface area (TPSA) is 48.5 Å². The Hall–Kier alpha value is -0.910. The van der Waals surface area contributed by atoms with Gasteiger partial charge in [-0.15, -0.1) is 0 Å². The minimum atomic E-state index is 0.111. The van der Waals surface area contributed by atoms with Crippen LogP contribution in [0, 0.1) is 23.2 Å². The molecule has 1 aliphatic rings. The van der Waals surface area contributed by atoms with E-state index in [1.165, 1.54) is 12.8 Å². The highest BCUT2D eigenvalue weighted by Crippen LogP contribution is 2.26. The maximum atomic E-state index is 8.92. The lowest BCUT2D eigenvalue weighted by Gasteiger charge is -2.21. The molecule has 0 aromatic heterocycles. The zero-order valence-electron chi connectivity index (χ0n) is 9.11. The molecule has 1 aliphatic carbocycles. The fourth-order valence-corrected chi connectivity index (χ4v) is 1.72. The average Bonchev–Trinajstić information content (AvgIpc) is 2.18. The summed E-state index contributed by atoms with van der Waals surface area (Å²) in [5, 5.41) is 17.4. The normalized spacial score (nSPS) is 28.1. The fraction of sp³-hybridized carbons (Fsp3) is 0.909. The molecule has 0 saturated heterocycles. The van der Waals surface area contributed by atoms with Gasteiger partial charge in [-0.1, -0.05) is 26.7 Å². The van der Waals surface area contributed by atoms with Crippen molar-refractivity contribution in [3.05, 3.63) is 0 Å². The third kappa shape index (κ3) is 3.45. The molecule has 0 aromatic carbocycles. The Kier molecular flexibility index (Phi) is 4.58. The second-order valence-electron chi connectivity index (χ2n) is 4.42. The maximum absolute atomic E-state index is 8.92. The van der Waals surface area contributed by atoms with Crippen molar-refractivity contribution in [3.63, 3.8) is 0 Å². The lowest BCUT2D eigenvalue weighted by atomic mass is 9.86. The molecule has 3 nitrogen and oxygen atoms in total. The van der Waals surface area contributed by atoms with Crippen LogP contribution in [0.5, 0.6) is 0 Å². The van der Waals surface area contributed by atoms with Gasteiger partial charge in [0.05, 0.1) is 24.6 Å². The number of hydrogen-bond donors (Lipinski definition) is 0. The average molecular weight is 193 g/mol. The fourth-order valence-electron chi connectivity index (χ4n) is 1.72. The molecule has 3 heteroatoms. The molecule has 14 heavy (non-hydrogen) atoms. The summed E-state index contributed by atoms with van der Waals surface area (Å²) in [6, 6.07) is 2.51. The molecule has 0 radical (unpaired) electrons. The van der Waals surface area contributed by atoms with Gasteiger partial charge in [0.25, 0.3) is 0 Å². The quantitative estimate of drug-likeness (QED) is 0.635. The van der Waals surface area contributed by atoms with Crippen LogP contribution in [0.1, 0.15) is 39.5 Å². The molecule has 0 aromatic rings. The van der Waals surface area contributed by atoms with Crippen LogP contribution >= 0.6 is 0 Å². The molecule has 2 unspecified atom stereocenters. The molecule has 0 heterocycles. The van der Waals surface area contributed by atoms with E-state index in [4.69, 9.17) is 5.26 Å². The minimum Gasteiger partial charge on any atom is -0.198 e. The number of nitriles is 1. The first kappa shape index (κ1) is 11.2. The minimum absolute atomic E-state index is 0.111. The zero-order valence-corrected chi connectivity index (χ0v) is 9.11. The van der Waals surface area contributed by atoms with E-state index in [0.29, 0.717) is 5.92 Å². The Bertz CT molecular complexity index is 227. The van der Waals surface area contributed by atoms with E-state index in [0.717, 1.165) is 19.4 Å². The summed E-state index contributed by atoms with van der Waals surface area (Å²) in [5.74, 6) is 0.669. The van der Waals surface area contributed by atoms with Crippen molar-refractivity contribution in [2.24, 2.45) is 22.1 Å². The summed E-state index contributed by atoms with van der Waals surface area (Å²) >= 11 is 0. The molecule has 0 spiro atoms. The molecule has 0 amide bonds. The predicted molar refractivity (Wildman–Crippen MR) is 55.9 cm³/mol. The zero-order chi connectivity index (χ0) is 10.4. The van der Waals surface area contributed by atoms with E-state index in [2.05, 4.69) is 30.1 Å². The Balaban J connectivity index is 2.41. The van der Waals surface area contributed by atoms with E-state index in [1.54, 1.807) is 0 Å². The summed E-state index contributed by atoms with van der Waals surface area (Å²) in [7, 11) is 0. The summed E-state index contributed by atoms with van der Waals surface area (Å²) in [4.78, 5) is 0. The summed E-state index contributed by atoms with van der Waals surface area (Å²) in [5.41, 5.74) is 0. The highest BCUT2D eigenvalue weighted by atomic mass is 15.1. The third-order valence-electron chi connectivity index (χ3n) is 2.57. The highest BCUT2D eigenvalue weighted by molar-refractivity contribution is 4.94. The SMILES string of the molecule is CC(C)CN=NC1CCCCC1C#N. The first-order chi connectivity index (χ1) is 6.74. The van der Waals surface area contributed by atoms with Crippen molar-refractivity contribution in [2.45, 2.75) is 45.6 Å². The van der Waals surface area contributed by atoms with Crippen LogP contribution in [0.4, 0.5) is 0 Å². The van der Waals surface area contributed by atoms with E-state index < -0.39 is 0 Å². The molecule has 0 bridgehead atoms. The Morgan fingerprint density at radius 1 is 1.36 bits per heavy atom. The van der Waals surface area contributed by atoms with Crippen LogP contribution in [-0.4, -0.2) is 12.6 Å². The Morgan fingerprint density at radius 2 is 2.07 bits per heavy atom. The van der Waals surface area contributed by atoms with Gasteiger partial charge in [0, 0.05) is 0 Å². The summed E-state index contributed by atoms with van der Waals surface area (Å²) < 4.78 is 0. The molecule has 78 valence electrons. The monoisotopic (exact) mass is 193 g/mol. The molecular weight excluding hydrogens is 174 g/mol. The molecule has 2 atom stereocenters. The number of nitrogens with zero attached hydrogens (tertiary/aromatic N) is 3. The van der Waals surface area contributed by atoms with Crippen LogP contribution in [-0.2, 0) is 0 Å². The summed E-state index contributed by atoms with van der Waals surface area (Å²) in [6.45, 7) is 5.04. The van der Waals surface area contributed by atoms with Crippen molar-refractivity contribution in [2.75, 3.05) is 6.54 Å². The van der Waals surface area contributed by atoms with E-state index in [9.17, 15) is 0 Å². The van der Waals surface area contributed by atoms with E-state index in [-0.39, 0.29) is 12.0 Å². The lowest BCUT2D eigenvalue weighted by Crippen LogP contribution is -2.21. The van der Waals surface area contributed by atoms with Gasteiger partial charge in [-0.2, -0.15) is 15.5 Å². The van der Waals surface area contributed by atoms with Gasteiger partial charge >= 0.3 is 0 Å². The van der Waals surface area contributed by atoms with Crippen molar-refractivity contribution in [1.29, 1.82) is 5.26 Å². The van der Waals surface area contributed by atoms with Gasteiger partial charge in [0.15, 0.2) is 0 Å². The van der Waals surface area contributed by atoms with Gasteiger partial charge in [-0.05, 0) is 18.8 Å². The van der Waals surface area contributed by atoms with Crippen molar-refractivity contribution in [1.82, 2.24) is 0 Å². The van der Waals surface area contributed by atoms with Crippen LogP contribution < -0.4 is 0 Å². The van der Waals surface area contributed by atoms with E-state index >= 15 is 0 Å². The van der Waals surface area contributed by atoms with Gasteiger partial charge in [-0.25, -0.2) is 0 Å². The molecular formula is C11H19N3. The molecule has 0 aliphatic heterocycles. The summed E-state index contributed by atoms with van der Waals surface area (Å²) in [6.07, 6.45) is 4.42. The largest absolute Gasteiger partial charge is 0.198 e. The second kappa shape index (κ2) is 5.74. The van der Waals surface area contributed by atoms with Crippen LogP contribution in [0.2, 0.25) is 0 Å². The number of hydrogen-bond acceptors (Lipinski definition) is 3. The van der Waals surface area contributed by atoms with Gasteiger partial charge in [0.1, 0.15) is 0 Å². The first-order valence-electron chi connectivity index (χ1n) is 5.50. The molecule has 1 saturated carbocycles. The maximum Gasteiger partial charge on any atom is 0.0866 e. The molecule has 1 fully saturated rings. The van der Waals surface area contributed by atoms with E-state index in [1.807, 2.05) is 0 Å². The smallest absolute Gasteiger partial charge is 0.0866 e. The standard InChI is InChI=1S/C11H19N3/c1-9(2)8-13-14-11-6-4-3-5-10(11)7-12/h9-11H,3-6,8H2,1-2H3. The predicted octanol–water partition coefficient (Wildman–Crippen LogP) is 3.18. The number of rotatable bonds is 3. The molecule has 0 N–H and O–H groups in total. The van der Waals surface area contributed by atoms with Crippen LogP contribution in [0.3, 0.4) is 0 Å². The van der Waals surface area contributed by atoms with Crippen LogP contribution in [0.25, 0.3) is 0 Å². The lowest BCUT2D eigenvalue weighted by molar-refractivity contribution is 0.357. The Labute approximate surface area is 86.2 Å².